The van der Waals surface area contributed by atoms with Gasteiger partial charge in [-0.15, -0.1) is 0 Å². The predicted octanol–water partition coefficient (Wildman–Crippen LogP) is 2.60. The van der Waals surface area contributed by atoms with Crippen LogP contribution in [0.5, 0.6) is 0 Å². The molecule has 0 fully saturated rings. The summed E-state index contributed by atoms with van der Waals surface area (Å²) in [6, 6.07) is 5.19. The Kier molecular flexibility index (Phi) is 4.74. The van der Waals surface area contributed by atoms with Gasteiger partial charge in [0.25, 0.3) is 0 Å². The first-order valence-corrected chi connectivity index (χ1v) is 6.95. The number of aromatic nitrogens is 2. The molecule has 0 aliphatic rings. The van der Waals surface area contributed by atoms with E-state index < -0.39 is 5.97 Å². The van der Waals surface area contributed by atoms with Crippen molar-refractivity contribution in [3.8, 4) is 0 Å². The number of hydrogen-bond donors (Lipinski definition) is 2. The molecule has 1 aromatic carbocycles. The van der Waals surface area contributed by atoms with Gasteiger partial charge in [-0.05, 0) is 31.9 Å². The molecule has 2 rings (SSSR count). The zero-order chi connectivity index (χ0) is 14.5. The quantitative estimate of drug-likeness (QED) is 0.762. The first-order valence-electron chi connectivity index (χ1n) is 6.95. The van der Waals surface area contributed by atoms with E-state index in [1.165, 1.54) is 0 Å². The molecule has 20 heavy (non-hydrogen) atoms. The van der Waals surface area contributed by atoms with Gasteiger partial charge in [0.1, 0.15) is 5.82 Å². The van der Waals surface area contributed by atoms with Crippen LogP contribution in [0.4, 0.5) is 0 Å². The molecule has 0 unspecified atom stereocenters. The third-order valence-electron chi connectivity index (χ3n) is 3.48. The molecular formula is C15H20N2O3. The summed E-state index contributed by atoms with van der Waals surface area (Å²) in [5, 5.41) is 18.0. The Labute approximate surface area is 117 Å². The van der Waals surface area contributed by atoms with Crippen molar-refractivity contribution in [1.82, 2.24) is 9.55 Å². The first kappa shape index (κ1) is 14.5. The van der Waals surface area contributed by atoms with Crippen LogP contribution in [0.15, 0.2) is 18.2 Å². The maximum Gasteiger partial charge on any atom is 0.337 e. The van der Waals surface area contributed by atoms with Crippen LogP contribution in [-0.4, -0.2) is 32.3 Å². The second-order valence-electron chi connectivity index (χ2n) is 4.93. The highest BCUT2D eigenvalue weighted by molar-refractivity contribution is 6.01. The number of unbranched alkanes of at least 4 members (excludes halogenated alkanes) is 3. The molecule has 0 radical (unpaired) electrons. The smallest absolute Gasteiger partial charge is 0.337 e. The van der Waals surface area contributed by atoms with Gasteiger partial charge in [-0.25, -0.2) is 9.78 Å². The minimum absolute atomic E-state index is 0.232. The molecule has 2 aromatic rings. The van der Waals surface area contributed by atoms with Crippen molar-refractivity contribution < 1.29 is 15.0 Å². The van der Waals surface area contributed by atoms with E-state index in [1.807, 2.05) is 17.6 Å². The number of hydrogen-bond acceptors (Lipinski definition) is 3. The van der Waals surface area contributed by atoms with E-state index in [0.717, 1.165) is 43.6 Å². The summed E-state index contributed by atoms with van der Waals surface area (Å²) in [7, 11) is 0. The number of aromatic carboxylic acids is 1. The van der Waals surface area contributed by atoms with E-state index in [1.54, 1.807) is 12.1 Å². The van der Waals surface area contributed by atoms with Gasteiger partial charge < -0.3 is 14.8 Å². The number of aliphatic hydroxyl groups excluding tert-OH is 1. The monoisotopic (exact) mass is 276 g/mol. The lowest BCUT2D eigenvalue weighted by molar-refractivity contribution is 0.0698. The van der Waals surface area contributed by atoms with Crippen LogP contribution < -0.4 is 0 Å². The molecule has 1 aromatic heterocycles. The fraction of sp³-hybridized carbons (Fsp3) is 0.467. The van der Waals surface area contributed by atoms with E-state index in [9.17, 15) is 9.90 Å². The fourth-order valence-electron chi connectivity index (χ4n) is 2.48. The minimum Gasteiger partial charge on any atom is -0.478 e. The van der Waals surface area contributed by atoms with Crippen LogP contribution in [-0.2, 0) is 6.54 Å². The van der Waals surface area contributed by atoms with Crippen molar-refractivity contribution in [3.05, 3.63) is 29.6 Å². The number of carboxylic acid groups (broad SMARTS) is 1. The normalized spacial score (nSPS) is 11.1. The Hall–Kier alpha value is -1.88. The summed E-state index contributed by atoms with van der Waals surface area (Å²) in [4.78, 5) is 15.8. The average Bonchev–Trinajstić information content (AvgIpc) is 2.74. The van der Waals surface area contributed by atoms with Gasteiger partial charge in [-0.1, -0.05) is 18.9 Å². The van der Waals surface area contributed by atoms with Gasteiger partial charge in [0.15, 0.2) is 0 Å². The fourth-order valence-corrected chi connectivity index (χ4v) is 2.48. The number of aliphatic hydroxyl groups is 1. The average molecular weight is 276 g/mol. The number of para-hydroxylation sites is 1. The van der Waals surface area contributed by atoms with Crippen molar-refractivity contribution in [2.24, 2.45) is 0 Å². The topological polar surface area (TPSA) is 75.3 Å². The molecule has 0 bridgehead atoms. The number of nitrogens with zero attached hydrogens (tertiary/aromatic N) is 2. The molecule has 0 saturated carbocycles. The molecular weight excluding hydrogens is 256 g/mol. The van der Waals surface area contributed by atoms with Gasteiger partial charge in [-0.3, -0.25) is 0 Å². The van der Waals surface area contributed by atoms with E-state index >= 15 is 0 Å². The highest BCUT2D eigenvalue weighted by Crippen LogP contribution is 2.21. The number of carboxylic acids is 1. The Bertz CT molecular complexity index is 604. The standard InChI is InChI=1S/C15H20N2O3/c1-11-16-13-8-6-7-12(15(19)20)14(13)17(11)9-4-2-3-5-10-18/h6-8,18H,2-5,9-10H2,1H3,(H,19,20). The molecule has 0 aliphatic carbocycles. The third-order valence-corrected chi connectivity index (χ3v) is 3.48. The lowest BCUT2D eigenvalue weighted by Crippen LogP contribution is -2.05. The minimum atomic E-state index is -0.919. The molecule has 0 aliphatic heterocycles. The third kappa shape index (κ3) is 2.99. The Morgan fingerprint density at radius 1 is 1.25 bits per heavy atom. The second kappa shape index (κ2) is 6.52. The molecule has 5 heteroatoms. The lowest BCUT2D eigenvalue weighted by Gasteiger charge is -2.08. The van der Waals surface area contributed by atoms with Crippen LogP contribution in [0.25, 0.3) is 11.0 Å². The van der Waals surface area contributed by atoms with Crippen LogP contribution in [0.1, 0.15) is 41.9 Å². The molecule has 0 atom stereocenters. The number of benzene rings is 1. The molecule has 0 amide bonds. The maximum absolute atomic E-state index is 11.3. The number of imidazole rings is 1. The first-order chi connectivity index (χ1) is 9.65. The largest absolute Gasteiger partial charge is 0.478 e. The van der Waals surface area contributed by atoms with Gasteiger partial charge in [-0.2, -0.15) is 0 Å². The summed E-state index contributed by atoms with van der Waals surface area (Å²) < 4.78 is 1.98. The van der Waals surface area contributed by atoms with Gasteiger partial charge in [0.05, 0.1) is 16.6 Å². The van der Waals surface area contributed by atoms with Gasteiger partial charge in [0, 0.05) is 13.2 Å². The molecule has 108 valence electrons. The summed E-state index contributed by atoms with van der Waals surface area (Å²) in [6.45, 7) is 2.90. The Morgan fingerprint density at radius 2 is 2.00 bits per heavy atom. The van der Waals surface area contributed by atoms with Gasteiger partial charge in [0.2, 0.25) is 0 Å². The van der Waals surface area contributed by atoms with Crippen molar-refractivity contribution in [2.75, 3.05) is 6.61 Å². The number of fused-ring (bicyclic) bond motifs is 1. The lowest BCUT2D eigenvalue weighted by atomic mass is 10.1. The van der Waals surface area contributed by atoms with E-state index in [0.29, 0.717) is 11.1 Å². The van der Waals surface area contributed by atoms with Gasteiger partial charge >= 0.3 is 5.97 Å². The SMILES string of the molecule is Cc1nc2cccc(C(=O)O)c2n1CCCCCCO. The molecule has 0 saturated heterocycles. The van der Waals surface area contributed by atoms with E-state index in [-0.39, 0.29) is 6.61 Å². The zero-order valence-electron chi connectivity index (χ0n) is 11.7. The Morgan fingerprint density at radius 3 is 2.70 bits per heavy atom. The van der Waals surface area contributed by atoms with Crippen molar-refractivity contribution in [2.45, 2.75) is 39.2 Å². The summed E-state index contributed by atoms with van der Waals surface area (Å²) >= 11 is 0. The van der Waals surface area contributed by atoms with Crippen molar-refractivity contribution in [1.29, 1.82) is 0 Å². The predicted molar refractivity (Wildman–Crippen MR) is 77.0 cm³/mol. The van der Waals surface area contributed by atoms with E-state index in [2.05, 4.69) is 4.98 Å². The van der Waals surface area contributed by atoms with Crippen LogP contribution in [0, 0.1) is 6.92 Å². The van der Waals surface area contributed by atoms with Crippen LogP contribution in [0.2, 0.25) is 0 Å². The molecule has 2 N–H and O–H groups in total. The molecule has 5 nitrogen and oxygen atoms in total. The zero-order valence-corrected chi connectivity index (χ0v) is 11.7. The Balaban J connectivity index is 2.23. The van der Waals surface area contributed by atoms with Crippen LogP contribution in [0.3, 0.4) is 0 Å². The highest BCUT2D eigenvalue weighted by atomic mass is 16.4. The highest BCUT2D eigenvalue weighted by Gasteiger charge is 2.15. The summed E-state index contributed by atoms with van der Waals surface area (Å²) in [6.07, 6.45) is 3.80. The summed E-state index contributed by atoms with van der Waals surface area (Å²) in [5.41, 5.74) is 1.75. The van der Waals surface area contributed by atoms with Crippen LogP contribution >= 0.6 is 0 Å². The van der Waals surface area contributed by atoms with E-state index in [4.69, 9.17) is 5.11 Å². The second-order valence-corrected chi connectivity index (χ2v) is 4.93. The molecule has 0 spiro atoms. The number of rotatable bonds is 7. The summed E-state index contributed by atoms with van der Waals surface area (Å²) in [5.74, 6) is -0.0760. The maximum atomic E-state index is 11.3. The molecule has 1 heterocycles. The van der Waals surface area contributed by atoms with Crippen molar-refractivity contribution in [3.63, 3.8) is 0 Å². The number of carbonyl (C=O) groups is 1. The van der Waals surface area contributed by atoms with Crippen molar-refractivity contribution >= 4 is 17.0 Å². The number of aryl methyl sites for hydroxylation is 2.